The zero-order chi connectivity index (χ0) is 11.3. The molecule has 0 spiro atoms. The lowest BCUT2D eigenvalue weighted by Gasteiger charge is -2.12. The van der Waals surface area contributed by atoms with E-state index >= 15 is 0 Å². The predicted octanol–water partition coefficient (Wildman–Crippen LogP) is 1.69. The summed E-state index contributed by atoms with van der Waals surface area (Å²) in [5.74, 6) is 0. The molecule has 0 aromatic rings. The van der Waals surface area contributed by atoms with Gasteiger partial charge in [0.1, 0.15) is 0 Å². The van der Waals surface area contributed by atoms with Crippen LogP contribution in [0.5, 0.6) is 0 Å². The van der Waals surface area contributed by atoms with Crippen molar-refractivity contribution in [3.63, 3.8) is 0 Å². The molecule has 0 aromatic carbocycles. The fourth-order valence-corrected chi connectivity index (χ4v) is 1.29. The third-order valence-electron chi connectivity index (χ3n) is 2.11. The number of hydrogen-bond acceptors (Lipinski definition) is 2. The molecular weight excluding hydrogens is 190 g/mol. The topological polar surface area (TPSA) is 44.7 Å². The van der Waals surface area contributed by atoms with Crippen molar-refractivity contribution in [3.8, 4) is 0 Å². The van der Waals surface area contributed by atoms with Crippen LogP contribution in [0.1, 0.15) is 6.42 Å². The highest BCUT2D eigenvalue weighted by molar-refractivity contribution is 6.04. The number of nitrogens with zero attached hydrogens (tertiary/aromatic N) is 2. The van der Waals surface area contributed by atoms with Crippen LogP contribution in [0, 0.1) is 0 Å². The minimum Gasteiger partial charge on any atom is -0.327 e. The zero-order valence-corrected chi connectivity index (χ0v) is 8.86. The molecule has 1 aliphatic heterocycles. The van der Waals surface area contributed by atoms with E-state index in [0.29, 0.717) is 18.7 Å². The molecule has 0 bridgehead atoms. The molecule has 0 aliphatic carbocycles. The van der Waals surface area contributed by atoms with E-state index < -0.39 is 0 Å². The predicted molar refractivity (Wildman–Crippen MR) is 61.7 cm³/mol. The van der Waals surface area contributed by atoms with Crippen LogP contribution in [0.15, 0.2) is 42.2 Å². The molecule has 0 aromatic heterocycles. The Balaban J connectivity index is 3.01. The second-order valence-electron chi connectivity index (χ2n) is 3.18. The Labute approximate surface area is 89.7 Å². The molecule has 1 aliphatic rings. The number of carbonyl (C=O) groups excluding carboxylic acids is 1. The summed E-state index contributed by atoms with van der Waals surface area (Å²) in [6, 6.07) is -0.127. The molecule has 0 saturated carbocycles. The lowest BCUT2D eigenvalue weighted by molar-refractivity contribution is 0.215. The van der Waals surface area contributed by atoms with Gasteiger partial charge in [0.25, 0.3) is 0 Å². The van der Waals surface area contributed by atoms with Crippen LogP contribution in [0.2, 0.25) is 0 Å². The highest BCUT2D eigenvalue weighted by Crippen LogP contribution is 2.07. The van der Waals surface area contributed by atoms with Crippen molar-refractivity contribution in [2.24, 2.45) is 4.99 Å². The number of nitrogens with one attached hydrogen (secondary N) is 1. The van der Waals surface area contributed by atoms with Crippen molar-refractivity contribution >= 4 is 11.7 Å². The van der Waals surface area contributed by atoms with E-state index in [9.17, 15) is 4.79 Å². The normalized spacial score (nSPS) is 22.5. The first-order valence-corrected chi connectivity index (χ1v) is 4.72. The van der Waals surface area contributed by atoms with Crippen molar-refractivity contribution in [2.75, 3.05) is 13.6 Å². The molecule has 1 N–H and O–H groups in total. The number of rotatable bonds is 2. The number of allylic oxidation sites excluding steroid dienone is 3. The van der Waals surface area contributed by atoms with Crippen molar-refractivity contribution in [2.45, 2.75) is 6.42 Å². The maximum absolute atomic E-state index is 11.5. The number of amides is 2. The standard InChI is InChI=1S/C11H15N3O/c1-4-6-10-9(12-5-2)7-8-14(3)11(15)13-10/h4-6H,1-2,7-8H2,3H3,(H,13,15)/b10-6+,12-9?. The largest absolute Gasteiger partial charge is 0.327 e. The first-order chi connectivity index (χ1) is 7.19. The smallest absolute Gasteiger partial charge is 0.321 e. The fraction of sp³-hybridized carbons (Fsp3) is 0.273. The Hall–Kier alpha value is -1.84. The molecule has 0 unspecified atom stereocenters. The Bertz CT molecular complexity index is 342. The van der Waals surface area contributed by atoms with Gasteiger partial charge in [0, 0.05) is 26.2 Å². The lowest BCUT2D eigenvalue weighted by atomic mass is 10.2. The van der Waals surface area contributed by atoms with Crippen molar-refractivity contribution in [1.82, 2.24) is 10.2 Å². The Morgan fingerprint density at radius 2 is 2.27 bits per heavy atom. The summed E-state index contributed by atoms with van der Waals surface area (Å²) in [6.07, 6.45) is 5.55. The maximum Gasteiger partial charge on any atom is 0.321 e. The molecule has 4 heteroatoms. The average molecular weight is 205 g/mol. The van der Waals surface area contributed by atoms with E-state index in [4.69, 9.17) is 0 Å². The molecule has 15 heavy (non-hydrogen) atoms. The molecule has 1 heterocycles. The second-order valence-corrected chi connectivity index (χ2v) is 3.18. The van der Waals surface area contributed by atoms with Crippen LogP contribution >= 0.6 is 0 Å². The highest BCUT2D eigenvalue weighted by atomic mass is 16.2. The van der Waals surface area contributed by atoms with Crippen molar-refractivity contribution in [3.05, 3.63) is 37.2 Å². The van der Waals surface area contributed by atoms with E-state index in [1.165, 1.54) is 6.20 Å². The Morgan fingerprint density at radius 3 is 2.87 bits per heavy atom. The quantitative estimate of drug-likeness (QED) is 0.732. The van der Waals surface area contributed by atoms with Crippen molar-refractivity contribution in [1.29, 1.82) is 0 Å². The third-order valence-corrected chi connectivity index (χ3v) is 2.11. The van der Waals surface area contributed by atoms with Gasteiger partial charge in [0.05, 0.1) is 11.4 Å². The van der Waals surface area contributed by atoms with Gasteiger partial charge in [-0.2, -0.15) is 0 Å². The Kier molecular flexibility index (Phi) is 3.85. The van der Waals surface area contributed by atoms with E-state index in [0.717, 1.165) is 5.71 Å². The van der Waals surface area contributed by atoms with Crippen LogP contribution in [0.4, 0.5) is 4.79 Å². The maximum atomic E-state index is 11.5. The van der Waals surface area contributed by atoms with Crippen LogP contribution in [-0.2, 0) is 0 Å². The van der Waals surface area contributed by atoms with Gasteiger partial charge >= 0.3 is 6.03 Å². The minimum atomic E-state index is -0.127. The molecule has 4 nitrogen and oxygen atoms in total. The lowest BCUT2D eigenvalue weighted by Crippen LogP contribution is -2.34. The number of carbonyl (C=O) groups is 1. The number of urea groups is 1. The minimum absolute atomic E-state index is 0.127. The van der Waals surface area contributed by atoms with Crippen molar-refractivity contribution < 1.29 is 4.79 Å². The van der Waals surface area contributed by atoms with Gasteiger partial charge in [-0.1, -0.05) is 19.2 Å². The van der Waals surface area contributed by atoms with E-state index in [2.05, 4.69) is 23.5 Å². The summed E-state index contributed by atoms with van der Waals surface area (Å²) >= 11 is 0. The first kappa shape index (κ1) is 11.2. The molecule has 0 atom stereocenters. The monoisotopic (exact) mass is 205 g/mol. The fourth-order valence-electron chi connectivity index (χ4n) is 1.29. The summed E-state index contributed by atoms with van der Waals surface area (Å²) in [7, 11) is 1.75. The van der Waals surface area contributed by atoms with Crippen LogP contribution in [0.3, 0.4) is 0 Å². The first-order valence-electron chi connectivity index (χ1n) is 4.72. The summed E-state index contributed by atoms with van der Waals surface area (Å²) in [5.41, 5.74) is 1.52. The van der Waals surface area contributed by atoms with Crippen LogP contribution in [0.25, 0.3) is 0 Å². The molecule has 1 rings (SSSR count). The van der Waals surface area contributed by atoms with Crippen LogP contribution in [-0.4, -0.2) is 30.2 Å². The van der Waals surface area contributed by atoms with Gasteiger partial charge in [-0.3, -0.25) is 4.99 Å². The van der Waals surface area contributed by atoms with Gasteiger partial charge in [0.15, 0.2) is 0 Å². The molecule has 0 radical (unpaired) electrons. The van der Waals surface area contributed by atoms with E-state index in [1.54, 1.807) is 24.1 Å². The van der Waals surface area contributed by atoms with Gasteiger partial charge < -0.3 is 10.2 Å². The average Bonchev–Trinajstić information content (AvgIpc) is 2.33. The molecule has 1 saturated heterocycles. The Morgan fingerprint density at radius 1 is 1.53 bits per heavy atom. The third kappa shape index (κ3) is 2.80. The van der Waals surface area contributed by atoms with Gasteiger partial charge in [0.2, 0.25) is 0 Å². The molecular formula is C11H15N3O. The molecule has 80 valence electrons. The van der Waals surface area contributed by atoms with Gasteiger partial charge in [-0.15, -0.1) is 0 Å². The van der Waals surface area contributed by atoms with Crippen LogP contribution < -0.4 is 5.32 Å². The van der Waals surface area contributed by atoms with E-state index in [-0.39, 0.29) is 6.03 Å². The molecule has 1 fully saturated rings. The highest BCUT2D eigenvalue weighted by Gasteiger charge is 2.18. The number of hydrogen-bond donors (Lipinski definition) is 1. The van der Waals surface area contributed by atoms with Gasteiger partial charge in [-0.25, -0.2) is 4.79 Å². The molecule has 2 amide bonds. The summed E-state index contributed by atoms with van der Waals surface area (Å²) in [5, 5.41) is 2.76. The van der Waals surface area contributed by atoms with E-state index in [1.807, 2.05) is 0 Å². The summed E-state index contributed by atoms with van der Waals surface area (Å²) in [4.78, 5) is 17.3. The second kappa shape index (κ2) is 5.14. The SMILES string of the molecule is C=C/C=C1/NC(=O)N(C)CCC1=NC=C. The summed E-state index contributed by atoms with van der Waals surface area (Å²) in [6.45, 7) is 7.80. The summed E-state index contributed by atoms with van der Waals surface area (Å²) < 4.78 is 0. The van der Waals surface area contributed by atoms with Gasteiger partial charge in [-0.05, 0) is 6.08 Å². The number of aliphatic imine (C=N–C) groups is 1. The zero-order valence-electron chi connectivity index (χ0n) is 8.86.